The van der Waals surface area contributed by atoms with Crippen LogP contribution in [0.1, 0.15) is 271 Å². The average Bonchev–Trinajstić information content (AvgIpc) is 3.36. The van der Waals surface area contributed by atoms with Gasteiger partial charge in [0.15, 0.2) is 6.10 Å². The predicted molar refractivity (Wildman–Crippen MR) is 302 cm³/mol. The van der Waals surface area contributed by atoms with Crippen molar-refractivity contribution in [2.24, 2.45) is 0 Å². The van der Waals surface area contributed by atoms with Crippen LogP contribution in [-0.2, 0) is 28.6 Å². The smallest absolute Gasteiger partial charge is 0.306 e. The van der Waals surface area contributed by atoms with E-state index in [1.165, 1.54) is 103 Å². The highest BCUT2D eigenvalue weighted by Gasteiger charge is 2.19. The minimum atomic E-state index is -0.778. The molecule has 6 heteroatoms. The molecular weight excluding hydrogens is 865 g/mol. The molecule has 0 aliphatic rings. The highest BCUT2D eigenvalue weighted by Crippen LogP contribution is 2.16. The van der Waals surface area contributed by atoms with Crippen molar-refractivity contribution in [2.75, 3.05) is 13.2 Å². The van der Waals surface area contributed by atoms with Crippen molar-refractivity contribution in [1.82, 2.24) is 0 Å². The lowest BCUT2D eigenvalue weighted by atomic mass is 10.0. The van der Waals surface area contributed by atoms with Gasteiger partial charge in [0.05, 0.1) is 0 Å². The van der Waals surface area contributed by atoms with E-state index in [-0.39, 0.29) is 31.1 Å². The van der Waals surface area contributed by atoms with E-state index in [0.717, 1.165) is 128 Å². The minimum Gasteiger partial charge on any atom is -0.462 e. The van der Waals surface area contributed by atoms with Gasteiger partial charge in [-0.15, -0.1) is 0 Å². The van der Waals surface area contributed by atoms with Crippen LogP contribution in [0.15, 0.2) is 97.2 Å². The largest absolute Gasteiger partial charge is 0.462 e. The summed E-state index contributed by atoms with van der Waals surface area (Å²) in [7, 11) is 0. The molecule has 0 bridgehead atoms. The van der Waals surface area contributed by atoms with E-state index < -0.39 is 6.10 Å². The molecule has 1 atom stereocenters. The van der Waals surface area contributed by atoms with Crippen molar-refractivity contribution in [2.45, 2.75) is 277 Å². The van der Waals surface area contributed by atoms with Crippen molar-refractivity contribution in [3.05, 3.63) is 97.2 Å². The molecule has 1 unspecified atom stereocenters. The summed E-state index contributed by atoms with van der Waals surface area (Å²) in [6, 6.07) is 0. The van der Waals surface area contributed by atoms with Crippen molar-refractivity contribution in [3.63, 3.8) is 0 Å². The van der Waals surface area contributed by atoms with Gasteiger partial charge in [0.25, 0.3) is 0 Å². The van der Waals surface area contributed by atoms with Crippen molar-refractivity contribution in [3.8, 4) is 0 Å². The second kappa shape index (κ2) is 57.9. The van der Waals surface area contributed by atoms with E-state index in [4.69, 9.17) is 14.2 Å². The Labute approximate surface area is 432 Å². The van der Waals surface area contributed by atoms with E-state index in [2.05, 4.69) is 118 Å². The fourth-order valence-corrected chi connectivity index (χ4v) is 7.99. The van der Waals surface area contributed by atoms with Gasteiger partial charge < -0.3 is 14.2 Å². The molecule has 0 N–H and O–H groups in total. The number of esters is 3. The number of allylic oxidation sites excluding steroid dienone is 16. The first-order chi connectivity index (χ1) is 34.5. The average molecular weight is 974 g/mol. The summed E-state index contributed by atoms with van der Waals surface area (Å²) in [5.74, 6) is -0.905. The van der Waals surface area contributed by atoms with Crippen LogP contribution < -0.4 is 0 Å². The topological polar surface area (TPSA) is 78.9 Å². The lowest BCUT2D eigenvalue weighted by Gasteiger charge is -2.18. The molecule has 0 saturated carbocycles. The fourth-order valence-electron chi connectivity index (χ4n) is 7.99. The van der Waals surface area contributed by atoms with Crippen LogP contribution in [0.3, 0.4) is 0 Å². The van der Waals surface area contributed by atoms with E-state index in [0.29, 0.717) is 19.3 Å². The molecule has 0 aromatic carbocycles. The van der Waals surface area contributed by atoms with Gasteiger partial charge in [-0.25, -0.2) is 0 Å². The first-order valence-corrected chi connectivity index (χ1v) is 29.2. The highest BCUT2D eigenvalue weighted by atomic mass is 16.6. The number of carbonyl (C=O) groups excluding carboxylic acids is 3. The Morgan fingerprint density at radius 1 is 0.300 bits per heavy atom. The number of hydrogen-bond donors (Lipinski definition) is 0. The molecule has 0 heterocycles. The summed E-state index contributed by atoms with van der Waals surface area (Å²) in [5, 5.41) is 0. The molecule has 0 aliphatic heterocycles. The molecule has 0 aromatic rings. The summed E-state index contributed by atoms with van der Waals surface area (Å²) in [5.41, 5.74) is 0. The molecule has 0 rings (SSSR count). The van der Waals surface area contributed by atoms with Crippen LogP contribution in [0, 0.1) is 0 Å². The minimum absolute atomic E-state index is 0.0806. The van der Waals surface area contributed by atoms with E-state index in [1.807, 2.05) is 0 Å². The molecule has 0 radical (unpaired) electrons. The molecule has 0 aromatic heterocycles. The molecule has 6 nitrogen and oxygen atoms in total. The van der Waals surface area contributed by atoms with Crippen molar-refractivity contribution < 1.29 is 28.6 Å². The third kappa shape index (κ3) is 55.3. The summed E-state index contributed by atoms with van der Waals surface area (Å²) in [6.07, 6.45) is 77.3. The van der Waals surface area contributed by atoms with Gasteiger partial charge in [-0.3, -0.25) is 14.4 Å². The van der Waals surface area contributed by atoms with Gasteiger partial charge in [-0.2, -0.15) is 0 Å². The number of unbranched alkanes of at least 4 members (excludes halogenated alkanes) is 25. The van der Waals surface area contributed by atoms with Gasteiger partial charge in [-0.1, -0.05) is 266 Å². The molecule has 0 aliphatic carbocycles. The van der Waals surface area contributed by atoms with Crippen LogP contribution in [-0.4, -0.2) is 37.2 Å². The maximum atomic E-state index is 12.8. The lowest BCUT2D eigenvalue weighted by molar-refractivity contribution is -0.167. The second-order valence-electron chi connectivity index (χ2n) is 19.2. The maximum Gasteiger partial charge on any atom is 0.306 e. The van der Waals surface area contributed by atoms with Crippen molar-refractivity contribution in [1.29, 1.82) is 0 Å². The van der Waals surface area contributed by atoms with Gasteiger partial charge in [-0.05, 0) is 83.5 Å². The third-order valence-corrected chi connectivity index (χ3v) is 12.4. The van der Waals surface area contributed by atoms with Crippen LogP contribution in [0.25, 0.3) is 0 Å². The lowest BCUT2D eigenvalue weighted by Crippen LogP contribution is -2.30. The van der Waals surface area contributed by atoms with E-state index >= 15 is 0 Å². The number of rotatable bonds is 52. The second-order valence-corrected chi connectivity index (χ2v) is 19.2. The summed E-state index contributed by atoms with van der Waals surface area (Å²) in [4.78, 5) is 37.8. The van der Waals surface area contributed by atoms with Gasteiger partial charge in [0.1, 0.15) is 13.2 Å². The van der Waals surface area contributed by atoms with Crippen LogP contribution in [0.5, 0.6) is 0 Å². The van der Waals surface area contributed by atoms with Crippen LogP contribution >= 0.6 is 0 Å². The summed E-state index contributed by atoms with van der Waals surface area (Å²) in [6.45, 7) is 6.44. The molecule has 70 heavy (non-hydrogen) atoms. The van der Waals surface area contributed by atoms with Crippen LogP contribution in [0.2, 0.25) is 0 Å². The van der Waals surface area contributed by atoms with Gasteiger partial charge in [0, 0.05) is 19.3 Å². The summed E-state index contributed by atoms with van der Waals surface area (Å²) >= 11 is 0. The first-order valence-electron chi connectivity index (χ1n) is 29.2. The molecule has 0 saturated heterocycles. The Kier molecular flexibility index (Phi) is 54.9. The monoisotopic (exact) mass is 973 g/mol. The standard InChI is InChI=1S/C64H108O6/c1-4-7-10-13-15-17-19-21-23-25-26-27-28-29-30-31-32-33-34-35-36-37-38-39-41-42-44-46-48-51-54-57-63(66)69-60-61(59-68-62(65)56-53-50-12-9-6-3)70-64(67)58-55-52-49-47-45-43-40-24-22-20-18-16-14-11-8-5-2/h7,10,15,17,21,23,26-27,29-30,32-33,35-36,38-39,61H,4-6,8-9,11-14,16,18-20,22,24-25,28,31,34,37,40-60H2,1-3H3/b10-7-,17-15-,23-21-,27-26-,30-29-,33-32-,36-35-,39-38-. The van der Waals surface area contributed by atoms with Gasteiger partial charge in [0.2, 0.25) is 0 Å². The molecule has 400 valence electrons. The Bertz CT molecular complexity index is 1400. The quantitative estimate of drug-likeness (QED) is 0.0262. The van der Waals surface area contributed by atoms with Gasteiger partial charge >= 0.3 is 17.9 Å². The fraction of sp³-hybridized carbons (Fsp3) is 0.703. The Hall–Kier alpha value is -3.67. The SMILES string of the molecule is CC/C=C\C/C=C\C/C=C\C/C=C\C/C=C\C/C=C\C/C=C\C/C=C\CCCCCCCCC(=O)OCC(COC(=O)CCCCCCC)OC(=O)CCCCCCCCCCCCCCCCCC. The van der Waals surface area contributed by atoms with E-state index in [9.17, 15) is 14.4 Å². The number of carbonyl (C=O) groups is 3. The zero-order valence-electron chi connectivity index (χ0n) is 45.8. The number of hydrogen-bond acceptors (Lipinski definition) is 6. The third-order valence-electron chi connectivity index (χ3n) is 12.4. The number of ether oxygens (including phenoxy) is 3. The van der Waals surface area contributed by atoms with E-state index in [1.54, 1.807) is 0 Å². The van der Waals surface area contributed by atoms with Crippen molar-refractivity contribution >= 4 is 17.9 Å². The highest BCUT2D eigenvalue weighted by molar-refractivity contribution is 5.71. The molecular formula is C64H108O6. The Morgan fingerprint density at radius 2 is 0.557 bits per heavy atom. The predicted octanol–water partition coefficient (Wildman–Crippen LogP) is 19.7. The Morgan fingerprint density at radius 3 is 0.871 bits per heavy atom. The Balaban J connectivity index is 4.11. The van der Waals surface area contributed by atoms with Crippen LogP contribution in [0.4, 0.5) is 0 Å². The normalized spacial score (nSPS) is 12.8. The molecule has 0 spiro atoms. The zero-order chi connectivity index (χ0) is 50.7. The molecule has 0 fully saturated rings. The summed E-state index contributed by atoms with van der Waals surface area (Å²) < 4.78 is 16.7. The zero-order valence-corrected chi connectivity index (χ0v) is 45.8. The first kappa shape index (κ1) is 66.3. The molecule has 0 amide bonds. The maximum absolute atomic E-state index is 12.8.